The monoisotopic (exact) mass is 528 g/mol. The molecule has 1 heterocycles. The minimum atomic E-state index is 0. The Kier molecular flexibility index (Phi) is 9.71. The van der Waals surface area contributed by atoms with E-state index in [1.165, 1.54) is 19.3 Å². The lowest BCUT2D eigenvalue weighted by molar-refractivity contribution is -0.135. The largest absolute Gasteiger partial charge is 0.507 e. The average Bonchev–Trinajstić information content (AvgIpc) is 3.19. The molecule has 1 aliphatic carbocycles. The molecule has 0 aromatic heterocycles. The normalized spacial score (nSPS) is 20.0. The van der Waals surface area contributed by atoms with Crippen molar-refractivity contribution in [1.29, 1.82) is 0 Å². The first kappa shape index (κ1) is 24.8. The van der Waals surface area contributed by atoms with Gasteiger partial charge in [-0.05, 0) is 56.7 Å². The standard InChI is InChI=1S/C23H36N4O2.HI/c1-4-24-23(25-14-18-12-16(2)21(28)17(3)13-18)26-20-10-11-27(15-20)22(29)19-8-6-5-7-9-19;/h12-13,19-20,28H,4-11,14-15H2,1-3H3,(H2,24,25,26);1H. The highest BCUT2D eigenvalue weighted by Gasteiger charge is 2.31. The van der Waals surface area contributed by atoms with Crippen LogP contribution in [0.15, 0.2) is 17.1 Å². The Morgan fingerprint density at radius 3 is 2.47 bits per heavy atom. The van der Waals surface area contributed by atoms with E-state index in [0.29, 0.717) is 18.2 Å². The summed E-state index contributed by atoms with van der Waals surface area (Å²) in [6.45, 7) is 8.82. The van der Waals surface area contributed by atoms with E-state index in [1.807, 2.05) is 30.9 Å². The third-order valence-electron chi connectivity index (χ3n) is 6.11. The number of hydrogen-bond donors (Lipinski definition) is 3. The molecule has 1 atom stereocenters. The molecule has 1 amide bonds. The van der Waals surface area contributed by atoms with Crippen LogP contribution in [0.4, 0.5) is 0 Å². The van der Waals surface area contributed by atoms with Crippen LogP contribution in [0.5, 0.6) is 5.75 Å². The molecule has 0 spiro atoms. The lowest BCUT2D eigenvalue weighted by atomic mass is 9.88. The van der Waals surface area contributed by atoms with Crippen LogP contribution in [0, 0.1) is 19.8 Å². The van der Waals surface area contributed by atoms with Gasteiger partial charge in [-0.3, -0.25) is 4.79 Å². The number of phenols is 1. The second-order valence-corrected chi connectivity index (χ2v) is 8.52. The third kappa shape index (κ3) is 6.49. The van der Waals surface area contributed by atoms with Crippen molar-refractivity contribution >= 4 is 35.8 Å². The Morgan fingerprint density at radius 2 is 1.83 bits per heavy atom. The van der Waals surface area contributed by atoms with Gasteiger partial charge in [0, 0.05) is 31.6 Å². The molecule has 1 aromatic carbocycles. The highest BCUT2D eigenvalue weighted by molar-refractivity contribution is 14.0. The lowest BCUT2D eigenvalue weighted by Crippen LogP contribution is -2.45. The van der Waals surface area contributed by atoms with Crippen LogP contribution in [0.3, 0.4) is 0 Å². The zero-order valence-electron chi connectivity index (χ0n) is 18.5. The summed E-state index contributed by atoms with van der Waals surface area (Å²) in [5.74, 6) is 1.74. The summed E-state index contributed by atoms with van der Waals surface area (Å²) in [4.78, 5) is 19.6. The van der Waals surface area contributed by atoms with Crippen molar-refractivity contribution in [2.75, 3.05) is 19.6 Å². The molecule has 3 rings (SSSR count). The van der Waals surface area contributed by atoms with Gasteiger partial charge in [0.2, 0.25) is 5.91 Å². The van der Waals surface area contributed by atoms with Crippen molar-refractivity contribution in [2.45, 2.75) is 71.9 Å². The molecule has 30 heavy (non-hydrogen) atoms. The van der Waals surface area contributed by atoms with Crippen molar-refractivity contribution in [3.8, 4) is 5.75 Å². The quantitative estimate of drug-likeness (QED) is 0.308. The molecular formula is C23H37IN4O2. The SMILES string of the molecule is CCNC(=NCc1cc(C)c(O)c(C)c1)NC1CCN(C(=O)C2CCCCC2)C1.I. The van der Waals surface area contributed by atoms with E-state index in [1.54, 1.807) is 0 Å². The fourth-order valence-corrected chi connectivity index (χ4v) is 4.51. The van der Waals surface area contributed by atoms with E-state index >= 15 is 0 Å². The number of guanidine groups is 1. The Hall–Kier alpha value is -1.51. The van der Waals surface area contributed by atoms with Gasteiger partial charge in [0.15, 0.2) is 5.96 Å². The maximum absolute atomic E-state index is 12.8. The summed E-state index contributed by atoms with van der Waals surface area (Å²) >= 11 is 0. The zero-order valence-corrected chi connectivity index (χ0v) is 20.9. The van der Waals surface area contributed by atoms with Gasteiger partial charge in [-0.2, -0.15) is 0 Å². The van der Waals surface area contributed by atoms with Gasteiger partial charge < -0.3 is 20.6 Å². The third-order valence-corrected chi connectivity index (χ3v) is 6.11. The first-order chi connectivity index (χ1) is 14.0. The van der Waals surface area contributed by atoms with Gasteiger partial charge in [-0.25, -0.2) is 4.99 Å². The number of rotatable bonds is 5. The Morgan fingerprint density at radius 1 is 1.17 bits per heavy atom. The summed E-state index contributed by atoms with van der Waals surface area (Å²) in [6, 6.07) is 4.20. The summed E-state index contributed by atoms with van der Waals surface area (Å²) < 4.78 is 0. The summed E-state index contributed by atoms with van der Waals surface area (Å²) in [6.07, 6.45) is 6.74. The highest BCUT2D eigenvalue weighted by Crippen LogP contribution is 2.27. The minimum absolute atomic E-state index is 0. The topological polar surface area (TPSA) is 77.0 Å². The zero-order chi connectivity index (χ0) is 20.8. The van der Waals surface area contributed by atoms with Crippen LogP contribution in [0.25, 0.3) is 0 Å². The summed E-state index contributed by atoms with van der Waals surface area (Å²) in [5.41, 5.74) is 2.83. The highest BCUT2D eigenvalue weighted by atomic mass is 127. The molecular weight excluding hydrogens is 491 g/mol. The van der Waals surface area contributed by atoms with Gasteiger partial charge in [0.05, 0.1) is 6.54 Å². The van der Waals surface area contributed by atoms with Gasteiger partial charge in [0.1, 0.15) is 5.75 Å². The van der Waals surface area contributed by atoms with Gasteiger partial charge in [-0.1, -0.05) is 31.4 Å². The number of carbonyl (C=O) groups excluding carboxylic acids is 1. The molecule has 2 fully saturated rings. The van der Waals surface area contributed by atoms with E-state index in [0.717, 1.165) is 61.5 Å². The van der Waals surface area contributed by atoms with E-state index < -0.39 is 0 Å². The van der Waals surface area contributed by atoms with E-state index in [4.69, 9.17) is 4.99 Å². The smallest absolute Gasteiger partial charge is 0.225 e. The number of hydrogen-bond acceptors (Lipinski definition) is 3. The second-order valence-electron chi connectivity index (χ2n) is 8.52. The summed E-state index contributed by atoms with van der Waals surface area (Å²) in [7, 11) is 0. The van der Waals surface area contributed by atoms with E-state index in [9.17, 15) is 9.90 Å². The fourth-order valence-electron chi connectivity index (χ4n) is 4.51. The van der Waals surface area contributed by atoms with Crippen molar-refractivity contribution in [2.24, 2.45) is 10.9 Å². The van der Waals surface area contributed by atoms with Crippen LogP contribution >= 0.6 is 24.0 Å². The molecule has 168 valence electrons. The molecule has 1 saturated carbocycles. The second kappa shape index (κ2) is 11.8. The van der Waals surface area contributed by atoms with E-state index in [2.05, 4.69) is 17.6 Å². The maximum Gasteiger partial charge on any atom is 0.225 e. The number of phenolic OH excluding ortho intramolecular Hbond substituents is 1. The van der Waals surface area contributed by atoms with Crippen molar-refractivity contribution < 1.29 is 9.90 Å². The minimum Gasteiger partial charge on any atom is -0.507 e. The number of carbonyl (C=O) groups is 1. The number of nitrogens with one attached hydrogen (secondary N) is 2. The lowest BCUT2D eigenvalue weighted by Gasteiger charge is -2.26. The van der Waals surface area contributed by atoms with Crippen LogP contribution in [0.2, 0.25) is 0 Å². The molecule has 1 saturated heterocycles. The number of aryl methyl sites for hydroxylation is 2. The molecule has 6 nitrogen and oxygen atoms in total. The molecule has 1 unspecified atom stereocenters. The number of amides is 1. The number of nitrogens with zero attached hydrogens (tertiary/aromatic N) is 2. The Bertz CT molecular complexity index is 724. The summed E-state index contributed by atoms with van der Waals surface area (Å²) in [5, 5.41) is 16.8. The number of likely N-dealkylation sites (tertiary alicyclic amines) is 1. The van der Waals surface area contributed by atoms with Gasteiger partial charge in [-0.15, -0.1) is 24.0 Å². The van der Waals surface area contributed by atoms with E-state index in [-0.39, 0.29) is 35.9 Å². The molecule has 1 aliphatic heterocycles. The average molecular weight is 528 g/mol. The van der Waals surface area contributed by atoms with Crippen molar-refractivity contribution in [3.63, 3.8) is 0 Å². The number of aliphatic imine (C=N–C) groups is 1. The Labute approximate surface area is 197 Å². The molecule has 0 radical (unpaired) electrons. The van der Waals surface area contributed by atoms with Gasteiger partial charge >= 0.3 is 0 Å². The van der Waals surface area contributed by atoms with Crippen molar-refractivity contribution in [1.82, 2.24) is 15.5 Å². The van der Waals surface area contributed by atoms with Crippen LogP contribution in [-0.4, -0.2) is 47.5 Å². The van der Waals surface area contributed by atoms with Crippen molar-refractivity contribution in [3.05, 3.63) is 28.8 Å². The fraction of sp³-hybridized carbons (Fsp3) is 0.652. The predicted octanol–water partition coefficient (Wildman–Crippen LogP) is 3.86. The Balaban J connectivity index is 0.00000320. The van der Waals surface area contributed by atoms with Gasteiger partial charge in [0.25, 0.3) is 0 Å². The number of aromatic hydroxyl groups is 1. The number of halogens is 1. The van der Waals surface area contributed by atoms with Crippen LogP contribution < -0.4 is 10.6 Å². The van der Waals surface area contributed by atoms with Crippen LogP contribution in [0.1, 0.15) is 62.1 Å². The van der Waals surface area contributed by atoms with Crippen LogP contribution in [-0.2, 0) is 11.3 Å². The predicted molar refractivity (Wildman–Crippen MR) is 133 cm³/mol. The maximum atomic E-state index is 12.8. The molecule has 0 bridgehead atoms. The molecule has 3 N–H and O–H groups in total. The molecule has 7 heteroatoms. The first-order valence-electron chi connectivity index (χ1n) is 11.1. The molecule has 2 aliphatic rings. The first-order valence-corrected chi connectivity index (χ1v) is 11.1. The number of benzene rings is 1. The molecule has 1 aromatic rings.